The Hall–Kier alpha value is -0.180. The molecule has 0 bridgehead atoms. The average molecular weight is 288 g/mol. The first-order valence-electron chi connectivity index (χ1n) is 5.61. The molecule has 0 aliphatic carbocycles. The van der Waals surface area contributed by atoms with Crippen molar-refractivity contribution in [3.63, 3.8) is 0 Å². The van der Waals surface area contributed by atoms with Crippen molar-refractivity contribution >= 4 is 20.2 Å². The van der Waals surface area contributed by atoms with Gasteiger partial charge in [-0.25, -0.2) is 0 Å². The molecule has 2 N–H and O–H groups in total. The van der Waals surface area contributed by atoms with Crippen LogP contribution in [-0.4, -0.2) is 37.4 Å². The van der Waals surface area contributed by atoms with Gasteiger partial charge in [0.15, 0.2) is 0 Å². The summed E-state index contributed by atoms with van der Waals surface area (Å²) in [7, 11) is -7.67. The number of hydrogen-bond donors (Lipinski definition) is 2. The van der Waals surface area contributed by atoms with Gasteiger partial charge in [0, 0.05) is 0 Å². The molecule has 0 spiro atoms. The van der Waals surface area contributed by atoms with Crippen LogP contribution in [0.25, 0.3) is 0 Å². The predicted molar refractivity (Wildman–Crippen MR) is 65.2 cm³/mol. The van der Waals surface area contributed by atoms with Gasteiger partial charge in [-0.05, 0) is 12.8 Å². The van der Waals surface area contributed by atoms with Gasteiger partial charge < -0.3 is 0 Å². The molecule has 0 aromatic carbocycles. The lowest BCUT2D eigenvalue weighted by atomic mass is 10.1. The highest BCUT2D eigenvalue weighted by Crippen LogP contribution is 2.08. The minimum absolute atomic E-state index is 0.199. The van der Waals surface area contributed by atoms with Gasteiger partial charge in [0.25, 0.3) is 20.2 Å². The second-order valence-corrected chi connectivity index (χ2v) is 7.19. The van der Waals surface area contributed by atoms with Crippen LogP contribution < -0.4 is 0 Å². The number of unbranched alkanes of at least 4 members (excludes halogenated alkanes) is 6. The van der Waals surface area contributed by atoms with Crippen LogP contribution in [-0.2, 0) is 20.2 Å². The highest BCUT2D eigenvalue weighted by atomic mass is 32.2. The van der Waals surface area contributed by atoms with Gasteiger partial charge >= 0.3 is 0 Å². The van der Waals surface area contributed by atoms with Crippen LogP contribution in [0.4, 0.5) is 0 Å². The fourth-order valence-electron chi connectivity index (χ4n) is 1.45. The molecular formula is C9H20O6S2. The standard InChI is InChI=1S/C9H20O6S2/c10-16(11,12)8-6-4-2-1-3-5-7-9-17(13,14)15/h1-9H2,(H,10,11,12)(H,13,14,15). The summed E-state index contributed by atoms with van der Waals surface area (Å²) in [6.45, 7) is 0. The van der Waals surface area contributed by atoms with Crippen LogP contribution >= 0.6 is 0 Å². The first-order chi connectivity index (χ1) is 7.71. The molecule has 0 aromatic heterocycles. The predicted octanol–water partition coefficient (Wildman–Crippen LogP) is 1.49. The van der Waals surface area contributed by atoms with Crippen molar-refractivity contribution in [2.24, 2.45) is 0 Å². The molecule has 0 atom stereocenters. The highest BCUT2D eigenvalue weighted by molar-refractivity contribution is 7.86. The van der Waals surface area contributed by atoms with Crippen LogP contribution in [0.3, 0.4) is 0 Å². The summed E-state index contributed by atoms with van der Waals surface area (Å²) in [6, 6.07) is 0. The summed E-state index contributed by atoms with van der Waals surface area (Å²) in [4.78, 5) is 0. The smallest absolute Gasteiger partial charge is 0.264 e. The lowest BCUT2D eigenvalue weighted by molar-refractivity contribution is 0.478. The molecule has 0 amide bonds. The molecule has 0 radical (unpaired) electrons. The van der Waals surface area contributed by atoms with Crippen LogP contribution in [0.15, 0.2) is 0 Å². The van der Waals surface area contributed by atoms with Gasteiger partial charge in [-0.2, -0.15) is 16.8 Å². The molecule has 17 heavy (non-hydrogen) atoms. The van der Waals surface area contributed by atoms with E-state index in [2.05, 4.69) is 0 Å². The highest BCUT2D eigenvalue weighted by Gasteiger charge is 2.04. The SMILES string of the molecule is O=S(=O)(O)CCCCCCCCCS(=O)(=O)O. The molecule has 0 aromatic rings. The van der Waals surface area contributed by atoms with Crippen LogP contribution in [0, 0.1) is 0 Å². The third-order valence-corrected chi connectivity index (χ3v) is 3.91. The molecule has 0 saturated carbocycles. The Morgan fingerprint density at radius 3 is 1.00 bits per heavy atom. The molecule has 104 valence electrons. The zero-order valence-corrected chi connectivity index (χ0v) is 11.3. The first kappa shape index (κ1) is 16.8. The Bertz CT molecular complexity index is 346. The van der Waals surface area contributed by atoms with Gasteiger partial charge in [-0.15, -0.1) is 0 Å². The molecule has 8 heteroatoms. The van der Waals surface area contributed by atoms with Crippen molar-refractivity contribution in [2.75, 3.05) is 11.5 Å². The monoisotopic (exact) mass is 288 g/mol. The van der Waals surface area contributed by atoms with E-state index >= 15 is 0 Å². The second kappa shape index (κ2) is 8.02. The number of hydrogen-bond acceptors (Lipinski definition) is 4. The van der Waals surface area contributed by atoms with Crippen LogP contribution in [0.1, 0.15) is 44.9 Å². The molecule has 0 rings (SSSR count). The summed E-state index contributed by atoms with van der Waals surface area (Å²) in [5.74, 6) is -0.397. The van der Waals surface area contributed by atoms with Crippen molar-refractivity contribution < 1.29 is 25.9 Å². The molecule has 6 nitrogen and oxygen atoms in total. The molecule has 0 unspecified atom stereocenters. The van der Waals surface area contributed by atoms with E-state index in [0.29, 0.717) is 12.8 Å². The Labute approximate surface area is 103 Å². The van der Waals surface area contributed by atoms with Crippen molar-refractivity contribution in [3.05, 3.63) is 0 Å². The van der Waals surface area contributed by atoms with Crippen LogP contribution in [0.5, 0.6) is 0 Å². The Kier molecular flexibility index (Phi) is 7.93. The lowest BCUT2D eigenvalue weighted by Gasteiger charge is -2.01. The first-order valence-corrected chi connectivity index (χ1v) is 8.83. The summed E-state index contributed by atoms with van der Waals surface area (Å²) in [6.07, 6.45) is 4.99. The van der Waals surface area contributed by atoms with Gasteiger partial charge in [-0.3, -0.25) is 9.11 Å². The van der Waals surface area contributed by atoms with E-state index in [1.165, 1.54) is 0 Å². The van der Waals surface area contributed by atoms with E-state index in [-0.39, 0.29) is 11.5 Å². The summed E-state index contributed by atoms with van der Waals surface area (Å²) >= 11 is 0. The normalized spacial score (nSPS) is 12.8. The van der Waals surface area contributed by atoms with Crippen LogP contribution in [0.2, 0.25) is 0 Å². The Morgan fingerprint density at radius 1 is 0.529 bits per heavy atom. The minimum Gasteiger partial charge on any atom is -0.286 e. The minimum atomic E-state index is -3.84. The molecular weight excluding hydrogens is 268 g/mol. The number of rotatable bonds is 10. The van der Waals surface area contributed by atoms with E-state index in [4.69, 9.17) is 9.11 Å². The zero-order chi connectivity index (χ0) is 13.4. The fraction of sp³-hybridized carbons (Fsp3) is 1.00. The zero-order valence-electron chi connectivity index (χ0n) is 9.71. The summed E-state index contributed by atoms with van der Waals surface area (Å²) in [5, 5.41) is 0. The quantitative estimate of drug-likeness (QED) is 0.465. The average Bonchev–Trinajstić information content (AvgIpc) is 2.11. The van der Waals surface area contributed by atoms with Gasteiger partial charge in [-0.1, -0.05) is 32.1 Å². The summed E-state index contributed by atoms with van der Waals surface area (Å²) in [5.41, 5.74) is 0. The molecule has 0 saturated heterocycles. The molecule has 0 fully saturated rings. The third kappa shape index (κ3) is 15.8. The molecule has 0 aliphatic heterocycles. The molecule has 0 aliphatic rings. The second-order valence-electron chi connectivity index (χ2n) is 4.05. The van der Waals surface area contributed by atoms with E-state index in [9.17, 15) is 16.8 Å². The largest absolute Gasteiger partial charge is 0.286 e. The maximum Gasteiger partial charge on any atom is 0.264 e. The van der Waals surface area contributed by atoms with E-state index in [0.717, 1.165) is 32.1 Å². The Balaban J connectivity index is 3.25. The fourth-order valence-corrected chi connectivity index (χ4v) is 2.59. The van der Waals surface area contributed by atoms with E-state index in [1.807, 2.05) is 0 Å². The van der Waals surface area contributed by atoms with Crippen molar-refractivity contribution in [2.45, 2.75) is 44.9 Å². The van der Waals surface area contributed by atoms with Crippen molar-refractivity contribution in [1.82, 2.24) is 0 Å². The van der Waals surface area contributed by atoms with Gasteiger partial charge in [0.05, 0.1) is 11.5 Å². The van der Waals surface area contributed by atoms with Gasteiger partial charge in [0.2, 0.25) is 0 Å². The lowest BCUT2D eigenvalue weighted by Crippen LogP contribution is -2.03. The summed E-state index contributed by atoms with van der Waals surface area (Å²) < 4.78 is 58.4. The maximum atomic E-state index is 10.4. The topological polar surface area (TPSA) is 109 Å². The maximum absolute atomic E-state index is 10.4. The van der Waals surface area contributed by atoms with Crippen molar-refractivity contribution in [3.8, 4) is 0 Å². The molecule has 0 heterocycles. The van der Waals surface area contributed by atoms with Crippen molar-refractivity contribution in [1.29, 1.82) is 0 Å². The van der Waals surface area contributed by atoms with E-state index < -0.39 is 20.2 Å². The van der Waals surface area contributed by atoms with E-state index in [1.54, 1.807) is 0 Å². The van der Waals surface area contributed by atoms with Gasteiger partial charge in [0.1, 0.15) is 0 Å². The Morgan fingerprint density at radius 2 is 0.765 bits per heavy atom. The third-order valence-electron chi connectivity index (χ3n) is 2.30.